The molecule has 3 heteroatoms. The molecular weight excluding hydrogens is 262 g/mol. The summed E-state index contributed by atoms with van der Waals surface area (Å²) in [6.45, 7) is 5.97. The van der Waals surface area contributed by atoms with Crippen molar-refractivity contribution in [3.63, 3.8) is 0 Å². The van der Waals surface area contributed by atoms with Gasteiger partial charge in [-0.1, -0.05) is 51.1 Å². The lowest BCUT2D eigenvalue weighted by Crippen LogP contribution is -2.37. The topological polar surface area (TPSA) is 38.0 Å². The molecule has 0 atom stereocenters. The van der Waals surface area contributed by atoms with Crippen molar-refractivity contribution in [2.24, 2.45) is 5.41 Å². The first-order chi connectivity index (χ1) is 9.88. The highest BCUT2D eigenvalue weighted by molar-refractivity contribution is 5.99. The van der Waals surface area contributed by atoms with E-state index in [9.17, 15) is 9.59 Å². The Hall–Kier alpha value is -2.29. The van der Waals surface area contributed by atoms with Crippen LogP contribution in [-0.4, -0.2) is 11.6 Å². The molecule has 0 amide bonds. The van der Waals surface area contributed by atoms with Gasteiger partial charge in [0.05, 0.1) is 0 Å². The Bertz CT molecular complexity index is 637. The molecule has 0 saturated carbocycles. The van der Waals surface area contributed by atoms with Crippen molar-refractivity contribution in [3.05, 3.63) is 66.0 Å². The predicted molar refractivity (Wildman–Crippen MR) is 81.2 cm³/mol. The minimum absolute atomic E-state index is 0.0514. The SMILES string of the molecule is CC(C)(C)C(=O)c1cc[n+](CC(=O)c2ccccc2)cc1. The molecule has 0 bridgehead atoms. The summed E-state index contributed by atoms with van der Waals surface area (Å²) in [5.41, 5.74) is 0.970. The summed E-state index contributed by atoms with van der Waals surface area (Å²) in [5.74, 6) is 0.152. The van der Waals surface area contributed by atoms with Crippen LogP contribution in [0.1, 0.15) is 41.5 Å². The Morgan fingerprint density at radius 1 is 0.905 bits per heavy atom. The number of hydrogen-bond donors (Lipinski definition) is 0. The first-order valence-corrected chi connectivity index (χ1v) is 7.00. The van der Waals surface area contributed by atoms with Gasteiger partial charge in [-0.3, -0.25) is 9.59 Å². The third kappa shape index (κ3) is 3.85. The first-order valence-electron chi connectivity index (χ1n) is 7.00. The molecule has 1 heterocycles. The van der Waals surface area contributed by atoms with Crippen LogP contribution in [0.4, 0.5) is 0 Å². The zero-order valence-electron chi connectivity index (χ0n) is 12.7. The number of benzene rings is 1. The minimum atomic E-state index is -0.397. The maximum atomic E-state index is 12.1. The third-order valence-corrected chi connectivity index (χ3v) is 3.26. The van der Waals surface area contributed by atoms with Gasteiger partial charge in [0.1, 0.15) is 0 Å². The van der Waals surface area contributed by atoms with Crippen molar-refractivity contribution < 1.29 is 14.2 Å². The van der Waals surface area contributed by atoms with Gasteiger partial charge in [0.15, 0.2) is 18.2 Å². The molecule has 0 spiro atoms. The second kappa shape index (κ2) is 6.00. The van der Waals surface area contributed by atoms with Crippen molar-refractivity contribution in [2.75, 3.05) is 0 Å². The number of Topliss-reactive ketones (excluding diaryl/α,β-unsaturated/α-hetero) is 2. The van der Waals surface area contributed by atoms with E-state index >= 15 is 0 Å². The summed E-state index contributed by atoms with van der Waals surface area (Å²) >= 11 is 0. The van der Waals surface area contributed by atoms with Crippen LogP contribution in [0.5, 0.6) is 0 Å². The average molecular weight is 282 g/mol. The van der Waals surface area contributed by atoms with Gasteiger partial charge in [-0.25, -0.2) is 0 Å². The van der Waals surface area contributed by atoms with E-state index in [4.69, 9.17) is 0 Å². The zero-order valence-corrected chi connectivity index (χ0v) is 12.7. The molecule has 1 aromatic carbocycles. The number of hydrogen-bond acceptors (Lipinski definition) is 2. The van der Waals surface area contributed by atoms with E-state index in [0.717, 1.165) is 0 Å². The van der Waals surface area contributed by atoms with Gasteiger partial charge in [-0.05, 0) is 0 Å². The molecule has 21 heavy (non-hydrogen) atoms. The Balaban J connectivity index is 2.10. The van der Waals surface area contributed by atoms with Gasteiger partial charge in [-0.2, -0.15) is 4.57 Å². The van der Waals surface area contributed by atoms with Crippen molar-refractivity contribution >= 4 is 11.6 Å². The fraction of sp³-hybridized carbons (Fsp3) is 0.278. The molecule has 0 aliphatic rings. The van der Waals surface area contributed by atoms with Crippen LogP contribution in [0.2, 0.25) is 0 Å². The maximum Gasteiger partial charge on any atom is 0.227 e. The number of pyridine rings is 1. The van der Waals surface area contributed by atoms with E-state index < -0.39 is 5.41 Å². The third-order valence-electron chi connectivity index (χ3n) is 3.26. The summed E-state index contributed by atoms with van der Waals surface area (Å²) in [5, 5.41) is 0. The van der Waals surface area contributed by atoms with Gasteiger partial charge in [-0.15, -0.1) is 0 Å². The molecule has 2 aromatic rings. The lowest BCUT2D eigenvalue weighted by Gasteiger charge is -2.15. The Kier molecular flexibility index (Phi) is 4.32. The zero-order chi connectivity index (χ0) is 15.5. The van der Waals surface area contributed by atoms with Crippen molar-refractivity contribution in [1.29, 1.82) is 0 Å². The molecule has 0 N–H and O–H groups in total. The van der Waals surface area contributed by atoms with Crippen LogP contribution < -0.4 is 4.57 Å². The molecule has 3 nitrogen and oxygen atoms in total. The quantitative estimate of drug-likeness (QED) is 0.638. The number of aromatic nitrogens is 1. The number of ketones is 2. The second-order valence-electron chi connectivity index (χ2n) is 6.13. The highest BCUT2D eigenvalue weighted by atomic mass is 16.1. The first kappa shape index (κ1) is 15.1. The smallest absolute Gasteiger partial charge is 0.227 e. The summed E-state index contributed by atoms with van der Waals surface area (Å²) < 4.78 is 1.79. The van der Waals surface area contributed by atoms with E-state index in [2.05, 4.69) is 0 Å². The molecule has 108 valence electrons. The maximum absolute atomic E-state index is 12.1. The molecule has 0 aliphatic heterocycles. The molecule has 0 radical (unpaired) electrons. The van der Waals surface area contributed by atoms with Gasteiger partial charge in [0.25, 0.3) is 0 Å². The van der Waals surface area contributed by atoms with Gasteiger partial charge in [0, 0.05) is 28.7 Å². The van der Waals surface area contributed by atoms with Crippen LogP contribution in [0.15, 0.2) is 54.9 Å². The number of rotatable bonds is 4. The highest BCUT2D eigenvalue weighted by Crippen LogP contribution is 2.19. The lowest BCUT2D eigenvalue weighted by atomic mass is 9.87. The Morgan fingerprint density at radius 3 is 2.00 bits per heavy atom. The number of nitrogens with zero attached hydrogens (tertiary/aromatic N) is 1. The Labute approximate surface area is 125 Å². The fourth-order valence-corrected chi connectivity index (χ4v) is 2.03. The summed E-state index contributed by atoms with van der Waals surface area (Å²) in [7, 11) is 0. The monoisotopic (exact) mass is 282 g/mol. The molecule has 0 fully saturated rings. The van der Waals surface area contributed by atoms with Gasteiger partial charge >= 0.3 is 0 Å². The number of carbonyl (C=O) groups excluding carboxylic acids is 2. The summed E-state index contributed by atoms with van der Waals surface area (Å²) in [6.07, 6.45) is 3.56. The van der Waals surface area contributed by atoms with E-state index in [1.165, 1.54) is 0 Å². The molecule has 0 saturated heterocycles. The van der Waals surface area contributed by atoms with Crippen LogP contribution in [0.3, 0.4) is 0 Å². The normalized spacial score (nSPS) is 11.2. The molecule has 2 rings (SSSR count). The summed E-state index contributed by atoms with van der Waals surface area (Å²) in [4.78, 5) is 24.2. The molecular formula is C18H20NO2+. The minimum Gasteiger partial charge on any atom is -0.294 e. The van der Waals surface area contributed by atoms with Gasteiger partial charge in [0.2, 0.25) is 12.3 Å². The van der Waals surface area contributed by atoms with E-state index in [0.29, 0.717) is 11.1 Å². The second-order valence-corrected chi connectivity index (χ2v) is 6.13. The molecule has 1 aromatic heterocycles. The van der Waals surface area contributed by atoms with Crippen LogP contribution >= 0.6 is 0 Å². The van der Waals surface area contributed by atoms with Crippen LogP contribution in [0.25, 0.3) is 0 Å². The van der Waals surface area contributed by atoms with Crippen molar-refractivity contribution in [1.82, 2.24) is 0 Å². The van der Waals surface area contributed by atoms with Crippen molar-refractivity contribution in [2.45, 2.75) is 27.3 Å². The summed E-state index contributed by atoms with van der Waals surface area (Å²) in [6, 6.07) is 12.7. The predicted octanol–water partition coefficient (Wildman–Crippen LogP) is 3.09. The van der Waals surface area contributed by atoms with Crippen LogP contribution in [0, 0.1) is 5.41 Å². The lowest BCUT2D eigenvalue weighted by molar-refractivity contribution is -0.683. The average Bonchev–Trinajstić information content (AvgIpc) is 2.47. The van der Waals surface area contributed by atoms with E-state index in [1.807, 2.05) is 39.0 Å². The molecule has 0 unspecified atom stereocenters. The number of carbonyl (C=O) groups is 2. The van der Waals surface area contributed by atoms with E-state index in [-0.39, 0.29) is 18.1 Å². The largest absolute Gasteiger partial charge is 0.294 e. The molecule has 0 aliphatic carbocycles. The van der Waals surface area contributed by atoms with Crippen LogP contribution in [-0.2, 0) is 6.54 Å². The fourth-order valence-electron chi connectivity index (χ4n) is 2.03. The van der Waals surface area contributed by atoms with E-state index in [1.54, 1.807) is 41.2 Å². The van der Waals surface area contributed by atoms with Crippen molar-refractivity contribution in [3.8, 4) is 0 Å². The Morgan fingerprint density at radius 2 is 1.48 bits per heavy atom. The standard InChI is InChI=1S/C18H20NO2/c1-18(2,3)17(21)15-9-11-19(12-10-15)13-16(20)14-7-5-4-6-8-14/h4-12H,13H2,1-3H3/q+1. The highest BCUT2D eigenvalue weighted by Gasteiger charge is 2.23. The van der Waals surface area contributed by atoms with Gasteiger partial charge < -0.3 is 0 Å².